The Morgan fingerprint density at radius 2 is 1.88 bits per heavy atom. The quantitative estimate of drug-likeness (QED) is 0.369. The Morgan fingerprint density at radius 3 is 2.52 bits per heavy atom. The standard InChI is InChI=1S/C16H13F4N3OS/c17-14-8-13(24-16(18,19)20)7-6-12(14)9-22-23-15(21)25-10-11-4-2-1-3-5-11/h1-9H,10H2,(H2,21,23). The second-order valence-corrected chi connectivity index (χ2v) is 5.68. The van der Waals surface area contributed by atoms with Gasteiger partial charge in [0, 0.05) is 17.4 Å². The van der Waals surface area contributed by atoms with E-state index in [4.69, 9.17) is 5.73 Å². The number of thioether (sulfide) groups is 1. The highest BCUT2D eigenvalue weighted by Crippen LogP contribution is 2.24. The second kappa shape index (κ2) is 8.52. The highest BCUT2D eigenvalue weighted by Gasteiger charge is 2.31. The van der Waals surface area contributed by atoms with Crippen molar-refractivity contribution in [2.45, 2.75) is 12.1 Å². The zero-order valence-electron chi connectivity index (χ0n) is 12.7. The lowest BCUT2D eigenvalue weighted by Gasteiger charge is -2.08. The van der Waals surface area contributed by atoms with Gasteiger partial charge in [0.2, 0.25) is 0 Å². The molecule has 25 heavy (non-hydrogen) atoms. The van der Waals surface area contributed by atoms with Crippen molar-refractivity contribution in [3.05, 3.63) is 65.5 Å². The van der Waals surface area contributed by atoms with E-state index in [1.165, 1.54) is 11.8 Å². The molecule has 0 saturated heterocycles. The number of nitrogens with zero attached hydrogens (tertiary/aromatic N) is 2. The summed E-state index contributed by atoms with van der Waals surface area (Å²) in [6, 6.07) is 12.3. The van der Waals surface area contributed by atoms with Crippen molar-refractivity contribution in [2.75, 3.05) is 0 Å². The van der Waals surface area contributed by atoms with Gasteiger partial charge in [0.1, 0.15) is 11.6 Å². The molecule has 2 N–H and O–H groups in total. The van der Waals surface area contributed by atoms with Gasteiger partial charge in [0.25, 0.3) is 0 Å². The maximum atomic E-state index is 13.7. The number of ether oxygens (including phenoxy) is 1. The molecule has 0 aromatic heterocycles. The monoisotopic (exact) mass is 371 g/mol. The van der Waals surface area contributed by atoms with E-state index >= 15 is 0 Å². The molecular formula is C16H13F4N3OS. The zero-order valence-corrected chi connectivity index (χ0v) is 13.5. The smallest absolute Gasteiger partial charge is 0.406 e. The first-order valence-corrected chi connectivity index (χ1v) is 7.90. The fourth-order valence-electron chi connectivity index (χ4n) is 1.72. The number of rotatable bonds is 5. The van der Waals surface area contributed by atoms with Gasteiger partial charge in [-0.25, -0.2) is 4.39 Å². The van der Waals surface area contributed by atoms with Gasteiger partial charge in [-0.3, -0.25) is 0 Å². The SMILES string of the molecule is NC(=NN=Cc1ccc(OC(F)(F)F)cc1F)SCc1ccccc1. The molecule has 0 aliphatic carbocycles. The van der Waals surface area contributed by atoms with Gasteiger partial charge in [-0.1, -0.05) is 42.1 Å². The summed E-state index contributed by atoms with van der Waals surface area (Å²) in [5.41, 5.74) is 6.69. The summed E-state index contributed by atoms with van der Waals surface area (Å²) < 4.78 is 53.5. The number of alkyl halides is 3. The summed E-state index contributed by atoms with van der Waals surface area (Å²) in [5, 5.41) is 7.52. The van der Waals surface area contributed by atoms with E-state index in [1.54, 1.807) is 0 Å². The molecular weight excluding hydrogens is 358 g/mol. The molecule has 0 radical (unpaired) electrons. The van der Waals surface area contributed by atoms with Crippen LogP contribution in [-0.2, 0) is 5.75 Å². The van der Waals surface area contributed by atoms with Crippen LogP contribution >= 0.6 is 11.8 Å². The summed E-state index contributed by atoms with van der Waals surface area (Å²) in [5.74, 6) is -0.969. The minimum Gasteiger partial charge on any atom is -0.406 e. The topological polar surface area (TPSA) is 60.0 Å². The van der Waals surface area contributed by atoms with Gasteiger partial charge in [-0.15, -0.1) is 18.3 Å². The van der Waals surface area contributed by atoms with Crippen LogP contribution in [0.2, 0.25) is 0 Å². The Balaban J connectivity index is 1.94. The van der Waals surface area contributed by atoms with E-state index in [1.807, 2.05) is 30.3 Å². The Bertz CT molecular complexity index is 764. The van der Waals surface area contributed by atoms with Crippen molar-refractivity contribution in [1.82, 2.24) is 0 Å². The Morgan fingerprint density at radius 1 is 1.16 bits per heavy atom. The lowest BCUT2D eigenvalue weighted by molar-refractivity contribution is -0.274. The molecule has 0 amide bonds. The zero-order chi connectivity index (χ0) is 18.3. The summed E-state index contributed by atoms with van der Waals surface area (Å²) in [7, 11) is 0. The predicted octanol–water partition coefficient (Wildman–Crippen LogP) is 4.31. The van der Waals surface area contributed by atoms with Crippen molar-refractivity contribution in [3.8, 4) is 5.75 Å². The molecule has 0 aliphatic heterocycles. The van der Waals surface area contributed by atoms with Gasteiger partial charge >= 0.3 is 6.36 Å². The van der Waals surface area contributed by atoms with Gasteiger partial charge < -0.3 is 10.5 Å². The molecule has 2 rings (SSSR count). The average Bonchev–Trinajstić information content (AvgIpc) is 2.54. The average molecular weight is 371 g/mol. The third-order valence-electron chi connectivity index (χ3n) is 2.79. The molecule has 2 aromatic rings. The molecule has 2 aromatic carbocycles. The van der Waals surface area contributed by atoms with Gasteiger partial charge in [0.15, 0.2) is 5.17 Å². The first kappa shape index (κ1) is 18.8. The number of halogens is 4. The first-order chi connectivity index (χ1) is 11.8. The number of amidine groups is 1. The first-order valence-electron chi connectivity index (χ1n) is 6.92. The number of hydrogen-bond acceptors (Lipinski definition) is 4. The molecule has 132 valence electrons. The van der Waals surface area contributed by atoms with Gasteiger partial charge in [-0.05, 0) is 17.7 Å². The third-order valence-corrected chi connectivity index (χ3v) is 3.64. The van der Waals surface area contributed by atoms with Crippen LogP contribution in [0.15, 0.2) is 58.7 Å². The maximum absolute atomic E-state index is 13.7. The Kier molecular flexibility index (Phi) is 6.40. The van der Waals surface area contributed by atoms with Crippen molar-refractivity contribution >= 4 is 23.1 Å². The maximum Gasteiger partial charge on any atom is 0.573 e. The molecule has 0 bridgehead atoms. The highest BCUT2D eigenvalue weighted by atomic mass is 32.2. The van der Waals surface area contributed by atoms with Crippen LogP contribution in [0.3, 0.4) is 0 Å². The Labute approximate surface area is 145 Å². The van der Waals surface area contributed by atoms with Crippen molar-refractivity contribution < 1.29 is 22.3 Å². The van der Waals surface area contributed by atoms with Gasteiger partial charge in [0.05, 0.1) is 6.21 Å². The minimum absolute atomic E-state index is 0.0425. The van der Waals surface area contributed by atoms with Crippen LogP contribution in [0.4, 0.5) is 17.6 Å². The van der Waals surface area contributed by atoms with Crippen LogP contribution in [-0.4, -0.2) is 17.7 Å². The number of benzene rings is 2. The molecule has 0 spiro atoms. The van der Waals surface area contributed by atoms with Crippen LogP contribution in [0.25, 0.3) is 0 Å². The number of nitrogens with two attached hydrogens (primary N) is 1. The molecule has 0 unspecified atom stereocenters. The van der Waals surface area contributed by atoms with Crippen LogP contribution in [0, 0.1) is 5.82 Å². The molecule has 9 heteroatoms. The summed E-state index contributed by atoms with van der Waals surface area (Å²) in [6.07, 6.45) is -3.82. The van der Waals surface area contributed by atoms with E-state index in [9.17, 15) is 17.6 Å². The summed E-state index contributed by atoms with van der Waals surface area (Å²) in [6.45, 7) is 0. The molecule has 0 atom stereocenters. The number of hydrogen-bond donors (Lipinski definition) is 1. The highest BCUT2D eigenvalue weighted by molar-refractivity contribution is 8.13. The van der Waals surface area contributed by atoms with Crippen LogP contribution in [0.5, 0.6) is 5.75 Å². The van der Waals surface area contributed by atoms with Gasteiger partial charge in [-0.2, -0.15) is 5.10 Å². The normalized spacial score (nSPS) is 12.6. The van der Waals surface area contributed by atoms with Crippen LogP contribution < -0.4 is 10.5 Å². The van der Waals surface area contributed by atoms with Crippen molar-refractivity contribution in [1.29, 1.82) is 0 Å². The predicted molar refractivity (Wildman–Crippen MR) is 90.0 cm³/mol. The molecule has 0 saturated carbocycles. The van der Waals surface area contributed by atoms with Crippen molar-refractivity contribution in [3.63, 3.8) is 0 Å². The van der Waals surface area contributed by atoms with E-state index in [2.05, 4.69) is 14.9 Å². The largest absolute Gasteiger partial charge is 0.573 e. The van der Waals surface area contributed by atoms with Crippen molar-refractivity contribution in [2.24, 2.45) is 15.9 Å². The minimum atomic E-state index is -4.88. The van der Waals surface area contributed by atoms with E-state index in [0.717, 1.165) is 23.9 Å². The fourth-order valence-corrected chi connectivity index (χ4v) is 2.33. The summed E-state index contributed by atoms with van der Waals surface area (Å²) in [4.78, 5) is 0. The van der Waals surface area contributed by atoms with E-state index < -0.39 is 17.9 Å². The van der Waals surface area contributed by atoms with Crippen LogP contribution in [0.1, 0.15) is 11.1 Å². The van der Waals surface area contributed by atoms with E-state index in [-0.39, 0.29) is 10.7 Å². The van der Waals surface area contributed by atoms with E-state index in [0.29, 0.717) is 11.8 Å². The molecule has 0 aliphatic rings. The second-order valence-electron chi connectivity index (χ2n) is 4.69. The molecule has 0 fully saturated rings. The molecule has 4 nitrogen and oxygen atoms in total. The Hall–Kier alpha value is -2.55. The summed E-state index contributed by atoms with van der Waals surface area (Å²) >= 11 is 1.25. The lowest BCUT2D eigenvalue weighted by atomic mass is 10.2. The fraction of sp³-hybridized carbons (Fsp3) is 0.125. The lowest BCUT2D eigenvalue weighted by Crippen LogP contribution is -2.17. The molecule has 0 heterocycles. The third kappa shape index (κ3) is 6.84.